The average Bonchev–Trinajstić information content (AvgIpc) is 3.18. The van der Waals surface area contributed by atoms with Crippen molar-refractivity contribution in [2.75, 3.05) is 6.54 Å². The minimum Gasteiger partial charge on any atom is -0.458 e. The molecule has 0 saturated heterocycles. The number of aryl methyl sites for hydroxylation is 2. The Kier molecular flexibility index (Phi) is 5.76. The van der Waals surface area contributed by atoms with Gasteiger partial charge in [0, 0.05) is 28.6 Å². The number of esters is 1. The Morgan fingerprint density at radius 3 is 2.74 bits per heavy atom. The van der Waals surface area contributed by atoms with Gasteiger partial charge in [0.15, 0.2) is 5.60 Å². The molecule has 2 aromatic heterocycles. The molecule has 0 saturated carbocycles. The number of cyclic esters (lactones) is 1. The van der Waals surface area contributed by atoms with Crippen LogP contribution in [0.15, 0.2) is 23.0 Å². The number of hydrogen-bond donors (Lipinski definition) is 2. The van der Waals surface area contributed by atoms with Gasteiger partial charge in [0.25, 0.3) is 5.56 Å². The number of ether oxygens (including phenoxy) is 1. The summed E-state index contributed by atoms with van der Waals surface area (Å²) in [4.78, 5) is 30.7. The van der Waals surface area contributed by atoms with Gasteiger partial charge in [-0.25, -0.2) is 14.2 Å². The van der Waals surface area contributed by atoms with E-state index in [1.54, 1.807) is 24.5 Å². The number of pyridine rings is 2. The Morgan fingerprint density at radius 1 is 1.26 bits per heavy atom. The van der Waals surface area contributed by atoms with Gasteiger partial charge in [0.05, 0.1) is 29.0 Å². The van der Waals surface area contributed by atoms with Gasteiger partial charge in [-0.1, -0.05) is 20.8 Å². The molecule has 2 aliphatic heterocycles. The third kappa shape index (κ3) is 3.67. The fourth-order valence-corrected chi connectivity index (χ4v) is 5.23. The van der Waals surface area contributed by atoms with Crippen molar-refractivity contribution in [3.63, 3.8) is 0 Å². The highest BCUT2D eigenvalue weighted by molar-refractivity contribution is 5.89. The van der Waals surface area contributed by atoms with E-state index < -0.39 is 11.6 Å². The molecule has 0 bridgehead atoms. The molecule has 2 aliphatic rings. The van der Waals surface area contributed by atoms with E-state index >= 15 is 0 Å². The van der Waals surface area contributed by atoms with Gasteiger partial charge < -0.3 is 19.7 Å². The molecule has 0 radical (unpaired) electrons. The van der Waals surface area contributed by atoms with Gasteiger partial charge in [0.2, 0.25) is 0 Å². The highest BCUT2D eigenvalue weighted by atomic mass is 19.1. The molecule has 7 nitrogen and oxygen atoms in total. The van der Waals surface area contributed by atoms with Gasteiger partial charge in [-0.05, 0) is 56.0 Å². The first kappa shape index (κ1) is 23.6. The van der Waals surface area contributed by atoms with Gasteiger partial charge in [-0.3, -0.25) is 4.79 Å². The standard InChI is InChI=1S/C27H30FN3O4/c1-5-27(34)20-10-23-24-18(12-31(23)25(32)19(20)13-35-26(27)33)16(7-6-8-29-14(2)3)17-9-15(4)21(28)11-22(17)30-24/h9-11,14,29,34H,5-8,12-13H2,1-4H3. The van der Waals surface area contributed by atoms with E-state index in [0.717, 1.165) is 35.9 Å². The maximum absolute atomic E-state index is 14.5. The summed E-state index contributed by atoms with van der Waals surface area (Å²) in [5.41, 5.74) is 2.59. The van der Waals surface area contributed by atoms with Crippen LogP contribution in [0.5, 0.6) is 0 Å². The van der Waals surface area contributed by atoms with Crippen molar-refractivity contribution in [2.45, 2.75) is 71.8 Å². The average molecular weight is 480 g/mol. The fraction of sp³-hybridized carbons (Fsp3) is 0.444. The monoisotopic (exact) mass is 479 g/mol. The lowest BCUT2D eigenvalue weighted by Gasteiger charge is -2.31. The quantitative estimate of drug-likeness (QED) is 0.325. The molecule has 8 heteroatoms. The molecule has 5 rings (SSSR count). The molecule has 184 valence electrons. The molecule has 0 spiro atoms. The predicted octanol–water partition coefficient (Wildman–Crippen LogP) is 3.46. The van der Waals surface area contributed by atoms with Crippen LogP contribution in [0.3, 0.4) is 0 Å². The van der Waals surface area contributed by atoms with Gasteiger partial charge in [-0.15, -0.1) is 0 Å². The van der Waals surface area contributed by atoms with Crippen LogP contribution in [0.2, 0.25) is 0 Å². The number of benzene rings is 1. The van der Waals surface area contributed by atoms with E-state index in [4.69, 9.17) is 9.72 Å². The first-order valence-corrected chi connectivity index (χ1v) is 12.2. The van der Waals surface area contributed by atoms with E-state index in [2.05, 4.69) is 19.2 Å². The van der Waals surface area contributed by atoms with Crippen molar-refractivity contribution in [3.05, 3.63) is 62.2 Å². The molecular weight excluding hydrogens is 449 g/mol. The molecule has 0 fully saturated rings. The number of nitrogens with one attached hydrogen (secondary N) is 1. The molecule has 1 atom stereocenters. The van der Waals surface area contributed by atoms with Crippen molar-refractivity contribution >= 4 is 16.9 Å². The maximum atomic E-state index is 14.5. The highest BCUT2D eigenvalue weighted by Gasteiger charge is 2.45. The largest absolute Gasteiger partial charge is 0.458 e. The number of carbonyl (C=O) groups excluding carboxylic acids is 1. The van der Waals surface area contributed by atoms with Crippen LogP contribution in [0.4, 0.5) is 4.39 Å². The minimum absolute atomic E-state index is 0.0817. The summed E-state index contributed by atoms with van der Waals surface area (Å²) in [6, 6.07) is 5.35. The van der Waals surface area contributed by atoms with Crippen LogP contribution in [0, 0.1) is 12.7 Å². The predicted molar refractivity (Wildman–Crippen MR) is 131 cm³/mol. The number of nitrogens with zero attached hydrogens (tertiary/aromatic N) is 2. The van der Waals surface area contributed by atoms with Gasteiger partial charge in [-0.2, -0.15) is 0 Å². The molecule has 4 heterocycles. The summed E-state index contributed by atoms with van der Waals surface area (Å²) in [5, 5.41) is 15.4. The number of aromatic nitrogens is 2. The van der Waals surface area contributed by atoms with Crippen LogP contribution in [-0.2, 0) is 34.7 Å². The normalized spacial score (nSPS) is 18.5. The first-order valence-electron chi connectivity index (χ1n) is 12.2. The zero-order valence-corrected chi connectivity index (χ0v) is 20.5. The number of carbonyl (C=O) groups is 1. The summed E-state index contributed by atoms with van der Waals surface area (Å²) in [5.74, 6) is -1.08. The fourth-order valence-electron chi connectivity index (χ4n) is 5.23. The molecule has 35 heavy (non-hydrogen) atoms. The van der Waals surface area contributed by atoms with Crippen molar-refractivity contribution in [2.24, 2.45) is 0 Å². The number of hydrogen-bond acceptors (Lipinski definition) is 6. The molecule has 0 amide bonds. The van der Waals surface area contributed by atoms with Crippen molar-refractivity contribution in [1.29, 1.82) is 0 Å². The topological polar surface area (TPSA) is 93.5 Å². The van der Waals surface area contributed by atoms with Crippen LogP contribution >= 0.6 is 0 Å². The Balaban J connectivity index is 1.71. The minimum atomic E-state index is -1.88. The van der Waals surface area contributed by atoms with Gasteiger partial charge in [0.1, 0.15) is 12.4 Å². The van der Waals surface area contributed by atoms with E-state index in [-0.39, 0.29) is 30.0 Å². The van der Waals surface area contributed by atoms with Crippen molar-refractivity contribution in [3.8, 4) is 11.4 Å². The third-order valence-electron chi connectivity index (χ3n) is 7.24. The molecule has 1 aromatic carbocycles. The van der Waals surface area contributed by atoms with Crippen molar-refractivity contribution < 1.29 is 19.0 Å². The summed E-state index contributed by atoms with van der Waals surface area (Å²) in [6.07, 6.45) is 1.70. The second-order valence-electron chi connectivity index (χ2n) is 9.85. The summed E-state index contributed by atoms with van der Waals surface area (Å²) < 4.78 is 21.3. The molecule has 2 N–H and O–H groups in total. The van der Waals surface area contributed by atoms with E-state index in [1.807, 2.05) is 6.07 Å². The lowest BCUT2D eigenvalue weighted by molar-refractivity contribution is -0.172. The molecule has 0 aliphatic carbocycles. The first-order chi connectivity index (χ1) is 16.7. The molecule has 3 aromatic rings. The third-order valence-corrected chi connectivity index (χ3v) is 7.24. The lowest BCUT2D eigenvalue weighted by atomic mass is 9.86. The summed E-state index contributed by atoms with van der Waals surface area (Å²) in [6.45, 7) is 8.61. The second-order valence-corrected chi connectivity index (χ2v) is 9.85. The SMILES string of the molecule is CCC1(O)C(=O)OCc2c1cc1n(c2=O)Cc2c-1nc1cc(F)c(C)cc1c2CCCNC(C)C. The van der Waals surface area contributed by atoms with Crippen LogP contribution in [0.25, 0.3) is 22.3 Å². The van der Waals surface area contributed by atoms with Crippen LogP contribution < -0.4 is 10.9 Å². The van der Waals surface area contributed by atoms with E-state index in [0.29, 0.717) is 40.6 Å². The Labute approximate surface area is 202 Å². The zero-order chi connectivity index (χ0) is 25.1. The maximum Gasteiger partial charge on any atom is 0.343 e. The Morgan fingerprint density at radius 2 is 2.03 bits per heavy atom. The van der Waals surface area contributed by atoms with E-state index in [1.165, 1.54) is 6.07 Å². The lowest BCUT2D eigenvalue weighted by Crippen LogP contribution is -2.44. The van der Waals surface area contributed by atoms with Crippen LogP contribution in [-0.4, -0.2) is 33.2 Å². The highest BCUT2D eigenvalue weighted by Crippen LogP contribution is 2.40. The summed E-state index contributed by atoms with van der Waals surface area (Å²) in [7, 11) is 0. The van der Waals surface area contributed by atoms with E-state index in [9.17, 15) is 19.1 Å². The number of aliphatic hydroxyl groups is 1. The van der Waals surface area contributed by atoms with Gasteiger partial charge >= 0.3 is 5.97 Å². The number of fused-ring (bicyclic) bond motifs is 5. The Bertz CT molecular complexity index is 1430. The van der Waals surface area contributed by atoms with Crippen molar-refractivity contribution in [1.82, 2.24) is 14.9 Å². The smallest absolute Gasteiger partial charge is 0.343 e. The molecule has 1 unspecified atom stereocenters. The zero-order valence-electron chi connectivity index (χ0n) is 20.5. The number of rotatable bonds is 6. The van der Waals surface area contributed by atoms with Crippen LogP contribution in [0.1, 0.15) is 61.4 Å². The number of halogens is 1. The summed E-state index contributed by atoms with van der Waals surface area (Å²) >= 11 is 0. The molecular formula is C27H30FN3O4. The second kappa shape index (κ2) is 8.53. The Hall–Kier alpha value is -3.10.